The van der Waals surface area contributed by atoms with Crippen LogP contribution in [0.15, 0.2) is 27.6 Å². The van der Waals surface area contributed by atoms with Gasteiger partial charge in [0.05, 0.1) is 11.6 Å². The highest BCUT2D eigenvalue weighted by molar-refractivity contribution is 9.10. The number of rotatable bonds is 4. The molecule has 0 saturated heterocycles. The zero-order valence-corrected chi connectivity index (χ0v) is 12.3. The van der Waals surface area contributed by atoms with Crippen LogP contribution in [0, 0.1) is 12.3 Å². The molecule has 0 unspecified atom stereocenters. The maximum atomic E-state index is 12.2. The molecule has 0 aromatic heterocycles. The van der Waals surface area contributed by atoms with Crippen LogP contribution in [0.3, 0.4) is 0 Å². The molecule has 1 rings (SSSR count). The van der Waals surface area contributed by atoms with Crippen LogP contribution in [0.2, 0.25) is 5.02 Å². The molecular weight excluding hydrogens is 326 g/mol. The average Bonchev–Trinajstić information content (AvgIpc) is 2.24. The largest absolute Gasteiger partial charge is 0.245 e. The molecule has 1 aromatic carbocycles. The number of sulfonamides is 1. The van der Waals surface area contributed by atoms with Crippen molar-refractivity contribution >= 4 is 37.6 Å². The van der Waals surface area contributed by atoms with Gasteiger partial charge in [-0.25, -0.2) is 8.42 Å². The lowest BCUT2D eigenvalue weighted by molar-refractivity contribution is 0.464. The van der Waals surface area contributed by atoms with Gasteiger partial charge >= 0.3 is 0 Å². The van der Waals surface area contributed by atoms with Crippen molar-refractivity contribution in [3.05, 3.63) is 27.7 Å². The van der Waals surface area contributed by atoms with Crippen molar-refractivity contribution in [2.75, 3.05) is 13.1 Å². The first kappa shape index (κ1) is 14.5. The summed E-state index contributed by atoms with van der Waals surface area (Å²) in [5.74, 6) is 2.32. The van der Waals surface area contributed by atoms with Gasteiger partial charge in [0.1, 0.15) is 4.90 Å². The van der Waals surface area contributed by atoms with E-state index in [1.54, 1.807) is 13.0 Å². The predicted molar refractivity (Wildman–Crippen MR) is 72.4 cm³/mol. The monoisotopic (exact) mass is 335 g/mol. The van der Waals surface area contributed by atoms with Crippen LogP contribution in [0.1, 0.15) is 6.92 Å². The summed E-state index contributed by atoms with van der Waals surface area (Å²) in [4.78, 5) is 0.0690. The maximum Gasteiger partial charge on any atom is 0.245 e. The zero-order chi connectivity index (χ0) is 13.1. The summed E-state index contributed by atoms with van der Waals surface area (Å²) in [6.07, 6.45) is 5.15. The van der Waals surface area contributed by atoms with Gasteiger partial charge in [-0.1, -0.05) is 40.4 Å². The molecule has 0 aliphatic rings. The van der Waals surface area contributed by atoms with E-state index >= 15 is 0 Å². The second kappa shape index (κ2) is 5.87. The van der Waals surface area contributed by atoms with Gasteiger partial charge in [0.15, 0.2) is 0 Å². The van der Waals surface area contributed by atoms with Gasteiger partial charge in [-0.15, -0.1) is 6.42 Å². The van der Waals surface area contributed by atoms with Crippen molar-refractivity contribution in [1.82, 2.24) is 4.31 Å². The molecule has 0 N–H and O–H groups in total. The van der Waals surface area contributed by atoms with E-state index < -0.39 is 10.0 Å². The fraction of sp³-hybridized carbons (Fsp3) is 0.273. The average molecular weight is 337 g/mol. The summed E-state index contributed by atoms with van der Waals surface area (Å²) in [5.41, 5.74) is 0. The van der Waals surface area contributed by atoms with Gasteiger partial charge < -0.3 is 0 Å². The summed E-state index contributed by atoms with van der Waals surface area (Å²) < 4.78 is 26.4. The maximum absolute atomic E-state index is 12.2. The number of nitrogens with zero attached hydrogens (tertiary/aromatic N) is 1. The first-order valence-electron chi connectivity index (χ1n) is 4.82. The minimum Gasteiger partial charge on any atom is -0.207 e. The molecule has 0 amide bonds. The van der Waals surface area contributed by atoms with E-state index in [0.717, 1.165) is 4.47 Å². The molecule has 0 spiro atoms. The van der Waals surface area contributed by atoms with Crippen molar-refractivity contribution < 1.29 is 8.42 Å². The van der Waals surface area contributed by atoms with Crippen LogP contribution in [-0.4, -0.2) is 25.8 Å². The van der Waals surface area contributed by atoms with Gasteiger partial charge in [0, 0.05) is 11.0 Å². The Kier molecular flexibility index (Phi) is 5.02. The molecule has 0 saturated carbocycles. The van der Waals surface area contributed by atoms with Crippen molar-refractivity contribution in [1.29, 1.82) is 0 Å². The van der Waals surface area contributed by atoms with Gasteiger partial charge in [-0.05, 0) is 18.2 Å². The van der Waals surface area contributed by atoms with Crippen LogP contribution < -0.4 is 0 Å². The van der Waals surface area contributed by atoms with Crippen LogP contribution >= 0.6 is 27.5 Å². The molecule has 0 atom stereocenters. The Bertz CT molecular complexity index is 551. The van der Waals surface area contributed by atoms with Crippen LogP contribution in [0.25, 0.3) is 0 Å². The molecule has 0 fully saturated rings. The number of hydrogen-bond acceptors (Lipinski definition) is 2. The van der Waals surface area contributed by atoms with Gasteiger partial charge in [0.25, 0.3) is 0 Å². The van der Waals surface area contributed by atoms with Crippen LogP contribution in [-0.2, 0) is 10.0 Å². The summed E-state index contributed by atoms with van der Waals surface area (Å²) in [6, 6.07) is 4.63. The van der Waals surface area contributed by atoms with Gasteiger partial charge in [-0.3, -0.25) is 0 Å². The van der Waals surface area contributed by atoms with Crippen molar-refractivity contribution in [2.45, 2.75) is 11.8 Å². The molecule has 0 bridgehead atoms. The Morgan fingerprint density at radius 1 is 1.53 bits per heavy atom. The lowest BCUT2D eigenvalue weighted by atomic mass is 10.4. The van der Waals surface area contributed by atoms with Crippen molar-refractivity contribution in [3.63, 3.8) is 0 Å². The third-order valence-corrected chi connectivity index (χ3v) is 5.03. The molecule has 0 heterocycles. The lowest BCUT2D eigenvalue weighted by Gasteiger charge is -2.18. The topological polar surface area (TPSA) is 37.4 Å². The first-order valence-corrected chi connectivity index (χ1v) is 7.43. The molecule has 3 nitrogen and oxygen atoms in total. The zero-order valence-electron chi connectivity index (χ0n) is 9.15. The Labute approximate surface area is 115 Å². The SMILES string of the molecule is C#CCN(CC)S(=O)(=O)c1ccc(Br)cc1Cl. The molecular formula is C11H11BrClNO2S. The highest BCUT2D eigenvalue weighted by atomic mass is 79.9. The molecule has 0 aliphatic carbocycles. The molecule has 0 radical (unpaired) electrons. The first-order chi connectivity index (χ1) is 7.93. The number of hydrogen-bond donors (Lipinski definition) is 0. The van der Waals surface area contributed by atoms with E-state index in [2.05, 4.69) is 21.9 Å². The lowest BCUT2D eigenvalue weighted by Crippen LogP contribution is -2.31. The van der Waals surface area contributed by atoms with E-state index in [1.165, 1.54) is 16.4 Å². The quantitative estimate of drug-likeness (QED) is 0.793. The minimum atomic E-state index is -3.62. The second-order valence-electron chi connectivity index (χ2n) is 3.21. The number of terminal acetylenes is 1. The number of halogens is 2. The minimum absolute atomic E-state index is 0.0330. The predicted octanol–water partition coefficient (Wildman–Crippen LogP) is 2.75. The smallest absolute Gasteiger partial charge is 0.207 e. The van der Waals surface area contributed by atoms with E-state index in [-0.39, 0.29) is 16.5 Å². The Morgan fingerprint density at radius 2 is 2.18 bits per heavy atom. The normalized spacial score (nSPS) is 11.5. The molecule has 92 valence electrons. The highest BCUT2D eigenvalue weighted by Crippen LogP contribution is 2.27. The third-order valence-electron chi connectivity index (χ3n) is 2.13. The fourth-order valence-electron chi connectivity index (χ4n) is 1.29. The van der Waals surface area contributed by atoms with Crippen LogP contribution in [0.5, 0.6) is 0 Å². The molecule has 6 heteroatoms. The Morgan fingerprint density at radius 3 is 2.65 bits per heavy atom. The highest BCUT2D eigenvalue weighted by Gasteiger charge is 2.24. The Balaban J connectivity index is 3.26. The van der Waals surface area contributed by atoms with Crippen molar-refractivity contribution in [3.8, 4) is 12.3 Å². The summed E-state index contributed by atoms with van der Waals surface area (Å²) in [6.45, 7) is 2.06. The van der Waals surface area contributed by atoms with E-state index in [4.69, 9.17) is 18.0 Å². The number of benzene rings is 1. The van der Waals surface area contributed by atoms with Gasteiger partial charge in [-0.2, -0.15) is 4.31 Å². The fourth-order valence-corrected chi connectivity index (χ4v) is 3.67. The third kappa shape index (κ3) is 3.23. The molecule has 17 heavy (non-hydrogen) atoms. The van der Waals surface area contributed by atoms with E-state index in [1.807, 2.05) is 0 Å². The summed E-state index contributed by atoms with van der Waals surface area (Å²) >= 11 is 9.15. The standard InChI is InChI=1S/C11H11BrClNO2S/c1-3-7-14(4-2)17(15,16)11-6-5-9(12)8-10(11)13/h1,5-6,8H,4,7H2,2H3. The second-order valence-corrected chi connectivity index (χ2v) is 6.44. The van der Waals surface area contributed by atoms with Gasteiger partial charge in [0.2, 0.25) is 10.0 Å². The Hall–Kier alpha value is -0.540. The van der Waals surface area contributed by atoms with Crippen LogP contribution in [0.4, 0.5) is 0 Å². The molecule has 0 aliphatic heterocycles. The van der Waals surface area contributed by atoms with E-state index in [0.29, 0.717) is 6.54 Å². The van der Waals surface area contributed by atoms with Crippen molar-refractivity contribution in [2.24, 2.45) is 0 Å². The summed E-state index contributed by atoms with van der Waals surface area (Å²) in [7, 11) is -3.62. The van der Waals surface area contributed by atoms with E-state index in [9.17, 15) is 8.42 Å². The summed E-state index contributed by atoms with van der Waals surface area (Å²) in [5, 5.41) is 0.176. The molecule has 1 aromatic rings.